The fourth-order valence-corrected chi connectivity index (χ4v) is 0.846. The molecule has 70 valence electrons. The third-order valence-corrected chi connectivity index (χ3v) is 1.64. The Morgan fingerprint density at radius 3 is 2.77 bits per heavy atom. The van der Waals surface area contributed by atoms with Crippen LogP contribution in [0, 0.1) is 0 Å². The first-order valence-corrected chi connectivity index (χ1v) is 4.13. The maximum absolute atomic E-state index is 11.2. The van der Waals surface area contributed by atoms with Gasteiger partial charge in [0.1, 0.15) is 6.10 Å². The van der Waals surface area contributed by atoms with Crippen LogP contribution in [0.3, 0.4) is 0 Å². The lowest BCUT2D eigenvalue weighted by atomic mass is 10.2. The van der Waals surface area contributed by atoms with Crippen molar-refractivity contribution in [1.29, 1.82) is 0 Å². The molecule has 4 nitrogen and oxygen atoms in total. The Balaban J connectivity index is 2.55. The zero-order chi connectivity index (χ0) is 9.68. The van der Waals surface area contributed by atoms with Crippen molar-refractivity contribution >= 4 is 11.6 Å². The van der Waals surface area contributed by atoms with E-state index in [1.807, 2.05) is 0 Å². The maximum Gasteiger partial charge on any atom is 0.253 e. The summed E-state index contributed by atoms with van der Waals surface area (Å²) in [6.45, 7) is 1.75. The molecule has 1 rings (SSSR count). The highest BCUT2D eigenvalue weighted by atomic mass is 16.3. The number of anilines is 1. The van der Waals surface area contributed by atoms with E-state index in [-0.39, 0.29) is 5.91 Å². The van der Waals surface area contributed by atoms with Gasteiger partial charge in [-0.2, -0.15) is 0 Å². The number of amides is 1. The average molecular weight is 180 g/mol. The molecular formula is C9H12N2O2. The van der Waals surface area contributed by atoms with Gasteiger partial charge in [-0.25, -0.2) is 0 Å². The summed E-state index contributed by atoms with van der Waals surface area (Å²) < 4.78 is 0. The Labute approximate surface area is 76.6 Å². The molecule has 0 aromatic carbocycles. The normalized spacial score (nSPS) is 12.2. The third-order valence-electron chi connectivity index (χ3n) is 1.64. The van der Waals surface area contributed by atoms with Gasteiger partial charge in [-0.1, -0.05) is 6.92 Å². The van der Waals surface area contributed by atoms with Crippen LogP contribution in [0.5, 0.6) is 0 Å². The van der Waals surface area contributed by atoms with Gasteiger partial charge in [0.15, 0.2) is 0 Å². The highest BCUT2D eigenvalue weighted by Gasteiger charge is 2.11. The summed E-state index contributed by atoms with van der Waals surface area (Å²) in [4.78, 5) is 15.0. The van der Waals surface area contributed by atoms with Crippen LogP contribution in [0.4, 0.5) is 5.69 Å². The molecule has 0 spiro atoms. The summed E-state index contributed by atoms with van der Waals surface area (Å²) in [7, 11) is 0. The van der Waals surface area contributed by atoms with Gasteiger partial charge in [-0.3, -0.25) is 9.78 Å². The molecule has 13 heavy (non-hydrogen) atoms. The lowest BCUT2D eigenvalue weighted by Crippen LogP contribution is -2.26. The number of nitrogens with one attached hydrogen (secondary N) is 1. The first-order valence-electron chi connectivity index (χ1n) is 4.13. The van der Waals surface area contributed by atoms with Crippen LogP contribution in [-0.2, 0) is 4.79 Å². The minimum Gasteiger partial charge on any atom is -0.383 e. The van der Waals surface area contributed by atoms with Gasteiger partial charge in [-0.05, 0) is 18.6 Å². The van der Waals surface area contributed by atoms with E-state index < -0.39 is 6.10 Å². The number of hydrogen-bond acceptors (Lipinski definition) is 3. The van der Waals surface area contributed by atoms with Crippen LogP contribution in [0.15, 0.2) is 24.5 Å². The topological polar surface area (TPSA) is 62.2 Å². The van der Waals surface area contributed by atoms with Crippen molar-refractivity contribution in [2.24, 2.45) is 0 Å². The van der Waals surface area contributed by atoms with Crippen molar-refractivity contribution in [2.75, 3.05) is 5.32 Å². The van der Waals surface area contributed by atoms with Crippen LogP contribution in [0.25, 0.3) is 0 Å². The van der Waals surface area contributed by atoms with Crippen molar-refractivity contribution < 1.29 is 9.90 Å². The molecule has 1 aromatic heterocycles. The fourth-order valence-electron chi connectivity index (χ4n) is 0.846. The van der Waals surface area contributed by atoms with E-state index in [2.05, 4.69) is 10.3 Å². The lowest BCUT2D eigenvalue weighted by molar-refractivity contribution is -0.124. The van der Waals surface area contributed by atoms with Crippen molar-refractivity contribution in [1.82, 2.24) is 4.98 Å². The highest BCUT2D eigenvalue weighted by Crippen LogP contribution is 2.04. The molecule has 0 saturated heterocycles. The Morgan fingerprint density at radius 2 is 2.23 bits per heavy atom. The van der Waals surface area contributed by atoms with Crippen molar-refractivity contribution in [3.8, 4) is 0 Å². The fraction of sp³-hybridized carbons (Fsp3) is 0.333. The van der Waals surface area contributed by atoms with Gasteiger partial charge in [-0.15, -0.1) is 0 Å². The number of pyridine rings is 1. The second kappa shape index (κ2) is 4.57. The van der Waals surface area contributed by atoms with Crippen molar-refractivity contribution in [3.63, 3.8) is 0 Å². The maximum atomic E-state index is 11.2. The molecule has 0 aliphatic rings. The number of aliphatic hydroxyl groups is 1. The molecule has 0 bridgehead atoms. The monoisotopic (exact) mass is 180 g/mol. The minimum absolute atomic E-state index is 0.381. The summed E-state index contributed by atoms with van der Waals surface area (Å²) in [5, 5.41) is 11.7. The molecule has 1 amide bonds. The van der Waals surface area contributed by atoms with Crippen molar-refractivity contribution in [2.45, 2.75) is 19.4 Å². The first-order chi connectivity index (χ1) is 6.24. The molecule has 0 fully saturated rings. The largest absolute Gasteiger partial charge is 0.383 e. The zero-order valence-corrected chi connectivity index (χ0v) is 7.40. The van der Waals surface area contributed by atoms with Gasteiger partial charge in [0.25, 0.3) is 5.91 Å². The standard InChI is InChI=1S/C9H12N2O2/c1-2-8(12)9(13)11-7-3-5-10-6-4-7/h3-6,8,12H,2H2,1H3,(H,10,11,13)/t8-/m1/s1. The number of hydrogen-bond donors (Lipinski definition) is 2. The molecule has 1 heterocycles. The van der Waals surface area contributed by atoms with E-state index in [0.717, 1.165) is 0 Å². The Bertz CT molecular complexity index is 274. The Hall–Kier alpha value is -1.42. The van der Waals surface area contributed by atoms with Crippen LogP contribution >= 0.6 is 0 Å². The quantitative estimate of drug-likeness (QED) is 0.723. The molecular weight excluding hydrogens is 168 g/mol. The summed E-state index contributed by atoms with van der Waals surface area (Å²) in [6, 6.07) is 3.33. The van der Waals surface area contributed by atoms with Gasteiger partial charge >= 0.3 is 0 Å². The van der Waals surface area contributed by atoms with Crippen LogP contribution in [0.1, 0.15) is 13.3 Å². The molecule has 0 aliphatic carbocycles. The Morgan fingerprint density at radius 1 is 1.62 bits per heavy atom. The second-order valence-electron chi connectivity index (χ2n) is 2.65. The highest BCUT2D eigenvalue weighted by molar-refractivity contribution is 5.93. The molecule has 2 N–H and O–H groups in total. The Kier molecular flexibility index (Phi) is 3.40. The molecule has 0 radical (unpaired) electrons. The average Bonchev–Trinajstić information content (AvgIpc) is 2.18. The van der Waals surface area contributed by atoms with Crippen LogP contribution in [-0.4, -0.2) is 22.1 Å². The molecule has 0 unspecified atom stereocenters. The number of nitrogens with zero attached hydrogens (tertiary/aromatic N) is 1. The van der Waals surface area contributed by atoms with Crippen LogP contribution in [0.2, 0.25) is 0 Å². The van der Waals surface area contributed by atoms with E-state index >= 15 is 0 Å². The van der Waals surface area contributed by atoms with E-state index in [4.69, 9.17) is 5.11 Å². The predicted octanol–water partition coefficient (Wildman–Crippen LogP) is 0.791. The molecule has 4 heteroatoms. The number of carbonyl (C=O) groups is 1. The first kappa shape index (κ1) is 9.67. The van der Waals surface area contributed by atoms with Gasteiger partial charge in [0.2, 0.25) is 0 Å². The van der Waals surface area contributed by atoms with Crippen LogP contribution < -0.4 is 5.32 Å². The number of carbonyl (C=O) groups excluding carboxylic acids is 1. The van der Waals surface area contributed by atoms with E-state index in [0.29, 0.717) is 12.1 Å². The van der Waals surface area contributed by atoms with Gasteiger partial charge in [0.05, 0.1) is 0 Å². The predicted molar refractivity (Wildman–Crippen MR) is 49.2 cm³/mol. The molecule has 0 aliphatic heterocycles. The summed E-state index contributed by atoms with van der Waals surface area (Å²) in [5.41, 5.74) is 0.646. The minimum atomic E-state index is -0.937. The molecule has 1 aromatic rings. The summed E-state index contributed by atoms with van der Waals surface area (Å²) >= 11 is 0. The van der Waals surface area contributed by atoms with Gasteiger partial charge < -0.3 is 10.4 Å². The summed E-state index contributed by atoms with van der Waals surface area (Å²) in [5.74, 6) is -0.381. The smallest absolute Gasteiger partial charge is 0.253 e. The molecule has 0 saturated carbocycles. The lowest BCUT2D eigenvalue weighted by Gasteiger charge is -2.08. The van der Waals surface area contributed by atoms with E-state index in [9.17, 15) is 4.79 Å². The van der Waals surface area contributed by atoms with E-state index in [1.165, 1.54) is 0 Å². The number of aliphatic hydroxyl groups excluding tert-OH is 1. The van der Waals surface area contributed by atoms with Gasteiger partial charge in [0, 0.05) is 18.1 Å². The summed E-state index contributed by atoms with van der Waals surface area (Å²) in [6.07, 6.45) is 2.63. The zero-order valence-electron chi connectivity index (χ0n) is 7.40. The SMILES string of the molecule is CC[C@@H](O)C(=O)Nc1ccncc1. The van der Waals surface area contributed by atoms with E-state index in [1.54, 1.807) is 31.5 Å². The van der Waals surface area contributed by atoms with Crippen molar-refractivity contribution in [3.05, 3.63) is 24.5 Å². The molecule has 1 atom stereocenters. The second-order valence-corrected chi connectivity index (χ2v) is 2.65. The number of rotatable bonds is 3. The number of aromatic nitrogens is 1. The third kappa shape index (κ3) is 2.83.